The fourth-order valence-electron chi connectivity index (χ4n) is 2.77. The van der Waals surface area contributed by atoms with Gasteiger partial charge in [-0.1, -0.05) is 36.8 Å². The molecule has 1 aliphatic rings. The van der Waals surface area contributed by atoms with Crippen molar-refractivity contribution in [3.8, 4) is 0 Å². The smallest absolute Gasteiger partial charge is 0.0858 e. The highest BCUT2D eigenvalue weighted by atomic mass is 16.5. The van der Waals surface area contributed by atoms with Gasteiger partial charge in [0.15, 0.2) is 0 Å². The topological polar surface area (TPSA) is 24.5 Å². The van der Waals surface area contributed by atoms with E-state index in [2.05, 4.69) is 48.3 Å². The predicted octanol–water partition coefficient (Wildman–Crippen LogP) is 1.85. The molecule has 0 spiro atoms. The molecule has 3 heteroatoms. The standard InChI is InChI=1S/C16H26N2O/c1-4-18-8-9-19-16(12-18)15(17-3)11-14-7-5-6-13(2)10-14/h5-7,10,15-17H,4,8-9,11-12H2,1-3H3. The molecule has 2 atom stereocenters. The number of morpholine rings is 1. The maximum Gasteiger partial charge on any atom is 0.0858 e. The number of hydrogen-bond acceptors (Lipinski definition) is 3. The quantitative estimate of drug-likeness (QED) is 0.876. The third-order valence-electron chi connectivity index (χ3n) is 3.98. The van der Waals surface area contributed by atoms with Crippen LogP contribution in [0.4, 0.5) is 0 Å². The van der Waals surface area contributed by atoms with Gasteiger partial charge in [-0.25, -0.2) is 0 Å². The van der Waals surface area contributed by atoms with Gasteiger partial charge in [0.2, 0.25) is 0 Å². The molecule has 3 nitrogen and oxygen atoms in total. The first-order valence-electron chi connectivity index (χ1n) is 7.29. The number of nitrogens with one attached hydrogen (secondary N) is 1. The average molecular weight is 262 g/mol. The number of rotatable bonds is 5. The van der Waals surface area contributed by atoms with Gasteiger partial charge in [0.05, 0.1) is 12.7 Å². The van der Waals surface area contributed by atoms with E-state index in [9.17, 15) is 0 Å². The lowest BCUT2D eigenvalue weighted by atomic mass is 9.99. The van der Waals surface area contributed by atoms with Gasteiger partial charge in [-0.2, -0.15) is 0 Å². The van der Waals surface area contributed by atoms with E-state index in [1.807, 2.05) is 7.05 Å². The van der Waals surface area contributed by atoms with Gasteiger partial charge in [-0.15, -0.1) is 0 Å². The molecule has 0 aromatic heterocycles. The molecule has 1 fully saturated rings. The molecule has 1 aromatic carbocycles. The van der Waals surface area contributed by atoms with Gasteiger partial charge >= 0.3 is 0 Å². The van der Waals surface area contributed by atoms with E-state index in [1.165, 1.54) is 11.1 Å². The van der Waals surface area contributed by atoms with Crippen LogP contribution in [0.1, 0.15) is 18.1 Å². The molecule has 1 aliphatic heterocycles. The van der Waals surface area contributed by atoms with E-state index in [0.717, 1.165) is 32.7 Å². The lowest BCUT2D eigenvalue weighted by Crippen LogP contribution is -2.52. The third-order valence-corrected chi connectivity index (χ3v) is 3.98. The summed E-state index contributed by atoms with van der Waals surface area (Å²) in [6.45, 7) is 8.43. The van der Waals surface area contributed by atoms with Gasteiger partial charge in [-0.3, -0.25) is 4.90 Å². The van der Waals surface area contributed by atoms with Crippen molar-refractivity contribution in [2.75, 3.05) is 33.3 Å². The second-order valence-corrected chi connectivity index (χ2v) is 5.39. The summed E-state index contributed by atoms with van der Waals surface area (Å²) in [5.41, 5.74) is 2.71. The van der Waals surface area contributed by atoms with Crippen molar-refractivity contribution in [1.29, 1.82) is 0 Å². The van der Waals surface area contributed by atoms with E-state index < -0.39 is 0 Å². The first-order valence-corrected chi connectivity index (χ1v) is 7.29. The zero-order valence-electron chi connectivity index (χ0n) is 12.4. The molecule has 1 heterocycles. The van der Waals surface area contributed by atoms with Crippen molar-refractivity contribution in [2.24, 2.45) is 0 Å². The van der Waals surface area contributed by atoms with Crippen molar-refractivity contribution < 1.29 is 4.74 Å². The van der Waals surface area contributed by atoms with E-state index >= 15 is 0 Å². The normalized spacial score (nSPS) is 22.4. The maximum absolute atomic E-state index is 5.96. The molecule has 0 saturated carbocycles. The number of ether oxygens (including phenoxy) is 1. The molecule has 1 aromatic rings. The van der Waals surface area contributed by atoms with Crippen LogP contribution in [-0.2, 0) is 11.2 Å². The number of benzene rings is 1. The van der Waals surface area contributed by atoms with Crippen LogP contribution in [0.25, 0.3) is 0 Å². The fourth-order valence-corrected chi connectivity index (χ4v) is 2.77. The van der Waals surface area contributed by atoms with Crippen molar-refractivity contribution in [3.63, 3.8) is 0 Å². The number of aryl methyl sites for hydroxylation is 1. The molecule has 0 aliphatic carbocycles. The molecular weight excluding hydrogens is 236 g/mol. The van der Waals surface area contributed by atoms with Crippen molar-refractivity contribution in [1.82, 2.24) is 10.2 Å². The largest absolute Gasteiger partial charge is 0.374 e. The van der Waals surface area contributed by atoms with Gasteiger partial charge in [0, 0.05) is 19.1 Å². The summed E-state index contributed by atoms with van der Waals surface area (Å²) in [4.78, 5) is 2.47. The van der Waals surface area contributed by atoms with Gasteiger partial charge < -0.3 is 10.1 Å². The minimum Gasteiger partial charge on any atom is -0.374 e. The van der Waals surface area contributed by atoms with Gasteiger partial charge in [0.1, 0.15) is 0 Å². The molecular formula is C16H26N2O. The Labute approximate surface area is 116 Å². The first-order chi connectivity index (χ1) is 9.22. The third kappa shape index (κ3) is 4.03. The Balaban J connectivity index is 1.99. The second-order valence-electron chi connectivity index (χ2n) is 5.39. The summed E-state index contributed by atoms with van der Waals surface area (Å²) >= 11 is 0. The van der Waals surface area contributed by atoms with Crippen LogP contribution in [0.5, 0.6) is 0 Å². The highest BCUT2D eigenvalue weighted by molar-refractivity contribution is 5.23. The minimum absolute atomic E-state index is 0.291. The van der Waals surface area contributed by atoms with Crippen LogP contribution in [0, 0.1) is 6.92 Å². The van der Waals surface area contributed by atoms with Gasteiger partial charge in [-0.05, 0) is 32.5 Å². The number of likely N-dealkylation sites (N-methyl/N-ethyl adjacent to an activating group) is 2. The number of hydrogen-bond donors (Lipinski definition) is 1. The van der Waals surface area contributed by atoms with Crippen molar-refractivity contribution in [2.45, 2.75) is 32.4 Å². The summed E-state index contributed by atoms with van der Waals surface area (Å²) in [5, 5.41) is 3.43. The Morgan fingerprint density at radius 1 is 1.47 bits per heavy atom. The summed E-state index contributed by atoms with van der Waals surface area (Å²) in [6.07, 6.45) is 1.32. The molecule has 2 rings (SSSR count). The van der Waals surface area contributed by atoms with Crippen molar-refractivity contribution >= 4 is 0 Å². The minimum atomic E-state index is 0.291. The van der Waals surface area contributed by atoms with Crippen LogP contribution in [0.3, 0.4) is 0 Å². The van der Waals surface area contributed by atoms with E-state index in [0.29, 0.717) is 12.1 Å². The highest BCUT2D eigenvalue weighted by Gasteiger charge is 2.26. The molecule has 1 saturated heterocycles. The molecule has 19 heavy (non-hydrogen) atoms. The summed E-state index contributed by atoms with van der Waals surface area (Å²) in [7, 11) is 2.04. The van der Waals surface area contributed by atoms with Crippen LogP contribution in [0.15, 0.2) is 24.3 Å². The van der Waals surface area contributed by atoms with Crippen LogP contribution in [0.2, 0.25) is 0 Å². The Morgan fingerprint density at radius 2 is 2.32 bits per heavy atom. The molecule has 2 unspecified atom stereocenters. The molecule has 106 valence electrons. The molecule has 1 N–H and O–H groups in total. The zero-order valence-corrected chi connectivity index (χ0v) is 12.4. The SMILES string of the molecule is CCN1CCOC(C(Cc2cccc(C)c2)NC)C1. The van der Waals surface area contributed by atoms with Crippen LogP contribution in [-0.4, -0.2) is 50.3 Å². The monoisotopic (exact) mass is 262 g/mol. The lowest BCUT2D eigenvalue weighted by molar-refractivity contribution is -0.0436. The summed E-state index contributed by atoms with van der Waals surface area (Å²) in [6, 6.07) is 9.14. The van der Waals surface area contributed by atoms with Crippen molar-refractivity contribution in [3.05, 3.63) is 35.4 Å². The molecule has 0 amide bonds. The van der Waals surface area contributed by atoms with E-state index in [1.54, 1.807) is 0 Å². The average Bonchev–Trinajstić information content (AvgIpc) is 2.45. The van der Waals surface area contributed by atoms with E-state index in [4.69, 9.17) is 4.74 Å². The maximum atomic E-state index is 5.96. The number of nitrogens with zero attached hydrogens (tertiary/aromatic N) is 1. The Bertz CT molecular complexity index is 394. The van der Waals surface area contributed by atoms with Gasteiger partial charge in [0.25, 0.3) is 0 Å². The van der Waals surface area contributed by atoms with Crippen LogP contribution < -0.4 is 5.32 Å². The Hall–Kier alpha value is -0.900. The summed E-state index contributed by atoms with van der Waals surface area (Å²) < 4.78 is 5.96. The fraction of sp³-hybridized carbons (Fsp3) is 0.625. The molecule has 0 radical (unpaired) electrons. The molecule has 0 bridgehead atoms. The second kappa shape index (κ2) is 7.04. The lowest BCUT2D eigenvalue weighted by Gasteiger charge is -2.36. The first kappa shape index (κ1) is 14.5. The zero-order chi connectivity index (χ0) is 13.7. The highest BCUT2D eigenvalue weighted by Crippen LogP contribution is 2.14. The van der Waals surface area contributed by atoms with E-state index in [-0.39, 0.29) is 0 Å². The summed E-state index contributed by atoms with van der Waals surface area (Å²) in [5.74, 6) is 0. The predicted molar refractivity (Wildman–Crippen MR) is 79.6 cm³/mol. The van der Waals surface area contributed by atoms with Crippen LogP contribution >= 0.6 is 0 Å². The Kier molecular flexibility index (Phi) is 5.37. The Morgan fingerprint density at radius 3 is 3.00 bits per heavy atom.